The summed E-state index contributed by atoms with van der Waals surface area (Å²) in [4.78, 5) is 0. The second-order valence-electron chi connectivity index (χ2n) is 6.96. The van der Waals surface area contributed by atoms with Gasteiger partial charge in [-0.15, -0.1) is 0 Å². The van der Waals surface area contributed by atoms with Crippen LogP contribution in [0.4, 0.5) is 0 Å². The normalized spacial score (nSPS) is 15.6. The van der Waals surface area contributed by atoms with Crippen LogP contribution in [0.2, 0.25) is 0 Å². The molecule has 1 aromatic carbocycles. The summed E-state index contributed by atoms with van der Waals surface area (Å²) in [6.45, 7) is 7.59. The van der Waals surface area contributed by atoms with Crippen LogP contribution in [0, 0.1) is 5.92 Å². The van der Waals surface area contributed by atoms with Gasteiger partial charge in [-0.2, -0.15) is 0 Å². The smallest absolute Gasteiger partial charge is 0.116 e. The predicted octanol–water partition coefficient (Wildman–Crippen LogP) is 5.14. The molecule has 2 rings (SSSR count). The SMILES string of the molecule is C=C(C/C=C\N)/C(=C/CCC1=CC(OCc2ccccc2)=CC1)C(C)CN. The predicted molar refractivity (Wildman–Crippen MR) is 115 cm³/mol. The standard InChI is InChI=1S/C24H32N2O/c1-19(8-7-15-25)24(20(2)17-26)12-6-11-21-13-14-23(16-21)27-18-22-9-4-3-5-10-22/h3-5,7,9-10,12,14-16,20H,1,6,8,11,13,17-18,25-26H2,2H3/b15-7-,24-12-. The summed E-state index contributed by atoms with van der Waals surface area (Å²) in [6, 6.07) is 10.2. The molecule has 0 saturated carbocycles. The molecule has 1 unspecified atom stereocenters. The average Bonchev–Trinajstić information content (AvgIpc) is 3.16. The largest absolute Gasteiger partial charge is 0.489 e. The molecule has 0 aliphatic heterocycles. The molecule has 0 heterocycles. The van der Waals surface area contributed by atoms with Gasteiger partial charge in [-0.05, 0) is 73.2 Å². The van der Waals surface area contributed by atoms with Crippen molar-refractivity contribution in [3.63, 3.8) is 0 Å². The molecule has 1 aliphatic carbocycles. The van der Waals surface area contributed by atoms with Crippen LogP contribution in [0.3, 0.4) is 0 Å². The first-order chi connectivity index (χ1) is 13.1. The van der Waals surface area contributed by atoms with Gasteiger partial charge in [-0.25, -0.2) is 0 Å². The lowest BCUT2D eigenvalue weighted by atomic mass is 9.91. The summed E-state index contributed by atoms with van der Waals surface area (Å²) in [5.41, 5.74) is 16.3. The molecule has 4 N–H and O–H groups in total. The number of nitrogens with two attached hydrogens (primary N) is 2. The highest BCUT2D eigenvalue weighted by Gasteiger charge is 2.11. The molecular weight excluding hydrogens is 332 g/mol. The van der Waals surface area contributed by atoms with Crippen LogP contribution in [-0.4, -0.2) is 6.54 Å². The van der Waals surface area contributed by atoms with Crippen molar-refractivity contribution in [2.75, 3.05) is 6.54 Å². The number of rotatable bonds is 11. The highest BCUT2D eigenvalue weighted by atomic mass is 16.5. The first-order valence-corrected chi connectivity index (χ1v) is 9.65. The molecule has 1 atom stereocenters. The number of allylic oxidation sites excluding steroid dienone is 6. The number of ether oxygens (including phenoxy) is 1. The summed E-state index contributed by atoms with van der Waals surface area (Å²) < 4.78 is 5.90. The monoisotopic (exact) mass is 364 g/mol. The van der Waals surface area contributed by atoms with Gasteiger partial charge >= 0.3 is 0 Å². The third kappa shape index (κ3) is 6.95. The summed E-state index contributed by atoms with van der Waals surface area (Å²) in [7, 11) is 0. The molecule has 0 radical (unpaired) electrons. The molecule has 0 spiro atoms. The summed E-state index contributed by atoms with van der Waals surface area (Å²) in [5, 5.41) is 0. The number of hydrogen-bond acceptors (Lipinski definition) is 3. The third-order valence-electron chi connectivity index (χ3n) is 4.78. The molecule has 0 aromatic heterocycles. The Morgan fingerprint density at radius 3 is 2.78 bits per heavy atom. The van der Waals surface area contributed by atoms with Crippen molar-refractivity contribution < 1.29 is 4.74 Å². The average molecular weight is 365 g/mol. The van der Waals surface area contributed by atoms with Gasteiger partial charge in [0.2, 0.25) is 0 Å². The fourth-order valence-electron chi connectivity index (χ4n) is 3.13. The van der Waals surface area contributed by atoms with E-state index in [1.807, 2.05) is 24.3 Å². The summed E-state index contributed by atoms with van der Waals surface area (Å²) in [5.74, 6) is 1.29. The van der Waals surface area contributed by atoms with Crippen molar-refractivity contribution in [3.8, 4) is 0 Å². The lowest BCUT2D eigenvalue weighted by Crippen LogP contribution is -2.14. The molecule has 0 fully saturated rings. The Morgan fingerprint density at radius 2 is 2.07 bits per heavy atom. The highest BCUT2D eigenvalue weighted by molar-refractivity contribution is 5.33. The Hall–Kier alpha value is -2.52. The van der Waals surface area contributed by atoms with Crippen molar-refractivity contribution in [3.05, 3.63) is 95.5 Å². The minimum Gasteiger partial charge on any atom is -0.489 e. The van der Waals surface area contributed by atoms with Crippen molar-refractivity contribution in [2.45, 2.75) is 39.2 Å². The minimum atomic E-state index is 0.309. The van der Waals surface area contributed by atoms with Gasteiger partial charge in [0, 0.05) is 0 Å². The van der Waals surface area contributed by atoms with E-state index in [9.17, 15) is 0 Å². The second-order valence-corrected chi connectivity index (χ2v) is 6.96. The topological polar surface area (TPSA) is 61.3 Å². The van der Waals surface area contributed by atoms with Crippen LogP contribution in [-0.2, 0) is 11.3 Å². The van der Waals surface area contributed by atoms with Gasteiger partial charge in [0.1, 0.15) is 12.4 Å². The maximum atomic E-state index is 5.90. The van der Waals surface area contributed by atoms with E-state index in [1.165, 1.54) is 16.7 Å². The molecule has 3 nitrogen and oxygen atoms in total. The van der Waals surface area contributed by atoms with Gasteiger partial charge in [-0.1, -0.05) is 61.6 Å². The number of hydrogen-bond donors (Lipinski definition) is 2. The highest BCUT2D eigenvalue weighted by Crippen LogP contribution is 2.26. The van der Waals surface area contributed by atoms with Crippen molar-refractivity contribution >= 4 is 0 Å². The lowest BCUT2D eigenvalue weighted by Gasteiger charge is -2.16. The minimum absolute atomic E-state index is 0.309. The maximum absolute atomic E-state index is 5.90. The zero-order chi connectivity index (χ0) is 19.5. The van der Waals surface area contributed by atoms with Gasteiger partial charge in [0.15, 0.2) is 0 Å². The Morgan fingerprint density at radius 1 is 1.30 bits per heavy atom. The lowest BCUT2D eigenvalue weighted by molar-refractivity contribution is 0.211. The molecule has 27 heavy (non-hydrogen) atoms. The molecule has 144 valence electrons. The molecular formula is C24H32N2O. The molecule has 0 saturated heterocycles. The summed E-state index contributed by atoms with van der Waals surface area (Å²) >= 11 is 0. The molecule has 1 aliphatic rings. The zero-order valence-corrected chi connectivity index (χ0v) is 16.4. The van der Waals surface area contributed by atoms with Gasteiger partial charge < -0.3 is 16.2 Å². The van der Waals surface area contributed by atoms with Crippen LogP contribution in [0.15, 0.2) is 89.9 Å². The third-order valence-corrected chi connectivity index (χ3v) is 4.78. The molecule has 3 heteroatoms. The quantitative estimate of drug-likeness (QED) is 0.535. The van der Waals surface area contributed by atoms with Gasteiger partial charge in [0.05, 0.1) is 0 Å². The van der Waals surface area contributed by atoms with E-state index < -0.39 is 0 Å². The molecule has 0 bridgehead atoms. The maximum Gasteiger partial charge on any atom is 0.116 e. The fraction of sp³-hybridized carbons (Fsp3) is 0.333. The molecule has 0 amide bonds. The Labute approximate surface area is 163 Å². The van der Waals surface area contributed by atoms with Crippen molar-refractivity contribution in [2.24, 2.45) is 17.4 Å². The second kappa shape index (κ2) is 11.2. The Kier molecular flexibility index (Phi) is 8.66. The van der Waals surface area contributed by atoms with Crippen LogP contribution < -0.4 is 11.5 Å². The van der Waals surface area contributed by atoms with Crippen LogP contribution in [0.25, 0.3) is 0 Å². The van der Waals surface area contributed by atoms with Crippen molar-refractivity contribution in [1.82, 2.24) is 0 Å². The van der Waals surface area contributed by atoms with Gasteiger partial charge in [-0.3, -0.25) is 0 Å². The Balaban J connectivity index is 1.85. The van der Waals surface area contributed by atoms with E-state index in [2.05, 4.69) is 43.9 Å². The van der Waals surface area contributed by atoms with Crippen LogP contribution >= 0.6 is 0 Å². The van der Waals surface area contributed by atoms with E-state index in [0.29, 0.717) is 19.1 Å². The Bertz CT molecular complexity index is 726. The zero-order valence-electron chi connectivity index (χ0n) is 16.4. The van der Waals surface area contributed by atoms with E-state index >= 15 is 0 Å². The van der Waals surface area contributed by atoms with E-state index in [4.69, 9.17) is 16.2 Å². The first-order valence-electron chi connectivity index (χ1n) is 9.65. The molecule has 1 aromatic rings. The first kappa shape index (κ1) is 20.8. The van der Waals surface area contributed by atoms with Gasteiger partial charge in [0.25, 0.3) is 0 Å². The number of benzene rings is 1. The van der Waals surface area contributed by atoms with E-state index in [0.717, 1.165) is 37.0 Å². The van der Waals surface area contributed by atoms with E-state index in [-0.39, 0.29) is 0 Å². The van der Waals surface area contributed by atoms with Crippen molar-refractivity contribution in [1.29, 1.82) is 0 Å². The fourth-order valence-corrected chi connectivity index (χ4v) is 3.13. The van der Waals surface area contributed by atoms with E-state index in [1.54, 1.807) is 6.20 Å². The van der Waals surface area contributed by atoms with Crippen LogP contribution in [0.1, 0.15) is 38.2 Å². The van der Waals surface area contributed by atoms with Crippen LogP contribution in [0.5, 0.6) is 0 Å². The summed E-state index contributed by atoms with van der Waals surface area (Å²) in [6.07, 6.45) is 13.9.